The van der Waals surface area contributed by atoms with Gasteiger partial charge in [0.15, 0.2) is 0 Å². The summed E-state index contributed by atoms with van der Waals surface area (Å²) in [6.07, 6.45) is 10.3. The zero-order chi connectivity index (χ0) is 7.45. The van der Waals surface area contributed by atoms with E-state index in [-0.39, 0.29) is 5.28 Å². The standard InChI is InChI=1S/C8H16NP/c9-8(10)6-4-2-1-3-5-7-8/h1-2H,3-7,9-10H2. The summed E-state index contributed by atoms with van der Waals surface area (Å²) < 4.78 is 0. The maximum Gasteiger partial charge on any atom is 0.0301 e. The molecule has 1 rings (SSSR count). The van der Waals surface area contributed by atoms with Crippen molar-refractivity contribution in [3.05, 3.63) is 12.2 Å². The number of hydrogen-bond acceptors (Lipinski definition) is 1. The van der Waals surface area contributed by atoms with Crippen LogP contribution in [0.2, 0.25) is 0 Å². The van der Waals surface area contributed by atoms with Gasteiger partial charge in [-0.05, 0) is 32.1 Å². The highest BCUT2D eigenvalue weighted by molar-refractivity contribution is 7.18. The Morgan fingerprint density at radius 2 is 1.90 bits per heavy atom. The number of nitrogens with two attached hydrogens (primary N) is 1. The van der Waals surface area contributed by atoms with Gasteiger partial charge >= 0.3 is 0 Å². The lowest BCUT2D eigenvalue weighted by atomic mass is 10.0. The highest BCUT2D eigenvalue weighted by Crippen LogP contribution is 2.26. The molecule has 0 spiro atoms. The van der Waals surface area contributed by atoms with E-state index >= 15 is 0 Å². The number of hydrogen-bond donors (Lipinski definition) is 1. The molecule has 1 aliphatic rings. The maximum atomic E-state index is 5.98. The highest BCUT2D eigenvalue weighted by Gasteiger charge is 2.17. The molecule has 0 radical (unpaired) electrons. The summed E-state index contributed by atoms with van der Waals surface area (Å²) >= 11 is 0. The smallest absolute Gasteiger partial charge is 0.0301 e. The van der Waals surface area contributed by atoms with Crippen LogP contribution in [-0.2, 0) is 0 Å². The normalized spacial score (nSPS) is 35.0. The molecule has 0 amide bonds. The fourth-order valence-corrected chi connectivity index (χ4v) is 1.63. The van der Waals surface area contributed by atoms with E-state index in [1.54, 1.807) is 0 Å². The largest absolute Gasteiger partial charge is 0.322 e. The van der Waals surface area contributed by atoms with Crippen LogP contribution in [-0.4, -0.2) is 5.28 Å². The highest BCUT2D eigenvalue weighted by atomic mass is 31.0. The van der Waals surface area contributed by atoms with Gasteiger partial charge in [0.25, 0.3) is 0 Å². The van der Waals surface area contributed by atoms with Gasteiger partial charge < -0.3 is 5.73 Å². The van der Waals surface area contributed by atoms with Crippen molar-refractivity contribution in [2.24, 2.45) is 5.73 Å². The van der Waals surface area contributed by atoms with E-state index in [4.69, 9.17) is 5.73 Å². The first-order valence-corrected chi connectivity index (χ1v) is 4.51. The van der Waals surface area contributed by atoms with Crippen LogP contribution < -0.4 is 5.73 Å². The zero-order valence-electron chi connectivity index (χ0n) is 6.34. The second kappa shape index (κ2) is 3.50. The Kier molecular flexibility index (Phi) is 2.88. The van der Waals surface area contributed by atoms with Crippen molar-refractivity contribution in [3.63, 3.8) is 0 Å². The first-order chi connectivity index (χ1) is 4.71. The van der Waals surface area contributed by atoms with Gasteiger partial charge in [0.2, 0.25) is 0 Å². The molecule has 2 atom stereocenters. The van der Waals surface area contributed by atoms with Gasteiger partial charge in [-0.1, -0.05) is 12.2 Å². The van der Waals surface area contributed by atoms with Crippen molar-refractivity contribution in [1.82, 2.24) is 0 Å². The van der Waals surface area contributed by atoms with E-state index in [1.165, 1.54) is 12.8 Å². The Labute approximate surface area is 65.3 Å². The quantitative estimate of drug-likeness (QED) is 0.422. The summed E-state index contributed by atoms with van der Waals surface area (Å²) in [5.41, 5.74) is 5.98. The lowest BCUT2D eigenvalue weighted by Crippen LogP contribution is -2.32. The number of allylic oxidation sites excluding steroid dienone is 2. The van der Waals surface area contributed by atoms with Crippen LogP contribution in [0.25, 0.3) is 0 Å². The molecule has 1 aliphatic carbocycles. The van der Waals surface area contributed by atoms with Gasteiger partial charge in [0.1, 0.15) is 0 Å². The molecule has 2 unspecified atom stereocenters. The molecule has 2 N–H and O–H groups in total. The maximum absolute atomic E-state index is 5.98. The van der Waals surface area contributed by atoms with Gasteiger partial charge in [0.05, 0.1) is 0 Å². The van der Waals surface area contributed by atoms with Crippen molar-refractivity contribution in [1.29, 1.82) is 0 Å². The summed E-state index contributed by atoms with van der Waals surface area (Å²) in [7, 11) is 2.76. The summed E-state index contributed by atoms with van der Waals surface area (Å²) in [6.45, 7) is 0. The topological polar surface area (TPSA) is 26.0 Å². The second-order valence-corrected chi connectivity index (χ2v) is 4.29. The molecule has 0 aromatic heterocycles. The van der Waals surface area contributed by atoms with Crippen LogP contribution in [0.15, 0.2) is 12.2 Å². The fraction of sp³-hybridized carbons (Fsp3) is 0.750. The van der Waals surface area contributed by atoms with Gasteiger partial charge in [-0.15, -0.1) is 9.24 Å². The van der Waals surface area contributed by atoms with Crippen LogP contribution in [0.3, 0.4) is 0 Å². The predicted octanol–water partition coefficient (Wildman–Crippen LogP) is 2.04. The Morgan fingerprint density at radius 3 is 2.70 bits per heavy atom. The molecule has 0 saturated heterocycles. The van der Waals surface area contributed by atoms with Crippen molar-refractivity contribution in [3.8, 4) is 0 Å². The van der Waals surface area contributed by atoms with E-state index in [0.29, 0.717) is 0 Å². The second-order valence-electron chi connectivity index (χ2n) is 3.14. The molecule has 0 bridgehead atoms. The third kappa shape index (κ3) is 2.81. The van der Waals surface area contributed by atoms with E-state index in [9.17, 15) is 0 Å². The van der Waals surface area contributed by atoms with Gasteiger partial charge in [0, 0.05) is 5.28 Å². The molecule has 0 aromatic rings. The third-order valence-corrected chi connectivity index (χ3v) is 2.53. The summed E-state index contributed by atoms with van der Waals surface area (Å²) in [5, 5.41) is 0.0186. The Hall–Kier alpha value is 0.130. The molecule has 0 aliphatic heterocycles. The molecule has 2 heteroatoms. The van der Waals surface area contributed by atoms with E-state index in [0.717, 1.165) is 19.3 Å². The van der Waals surface area contributed by atoms with Crippen LogP contribution in [0.4, 0.5) is 0 Å². The lowest BCUT2D eigenvalue weighted by Gasteiger charge is -2.24. The van der Waals surface area contributed by atoms with E-state index in [2.05, 4.69) is 21.4 Å². The SMILES string of the molecule is NC1(P)CCC=CCCC1. The predicted molar refractivity (Wildman–Crippen MR) is 48.9 cm³/mol. The molecule has 58 valence electrons. The summed E-state index contributed by atoms with van der Waals surface area (Å²) in [5.74, 6) is 0. The van der Waals surface area contributed by atoms with E-state index < -0.39 is 0 Å². The first-order valence-electron chi connectivity index (χ1n) is 3.93. The molecule has 0 heterocycles. The van der Waals surface area contributed by atoms with Crippen molar-refractivity contribution >= 4 is 9.24 Å². The monoisotopic (exact) mass is 157 g/mol. The molecular weight excluding hydrogens is 141 g/mol. The fourth-order valence-electron chi connectivity index (χ4n) is 1.26. The Morgan fingerprint density at radius 1 is 1.20 bits per heavy atom. The van der Waals surface area contributed by atoms with Crippen LogP contribution in [0, 0.1) is 0 Å². The average molecular weight is 157 g/mol. The van der Waals surface area contributed by atoms with Gasteiger partial charge in [-0.2, -0.15) is 0 Å². The van der Waals surface area contributed by atoms with Crippen LogP contribution in [0.5, 0.6) is 0 Å². The zero-order valence-corrected chi connectivity index (χ0v) is 7.50. The van der Waals surface area contributed by atoms with Crippen LogP contribution >= 0.6 is 9.24 Å². The minimum absolute atomic E-state index is 0.0186. The lowest BCUT2D eigenvalue weighted by molar-refractivity contribution is 0.498. The summed E-state index contributed by atoms with van der Waals surface area (Å²) in [6, 6.07) is 0. The average Bonchev–Trinajstić information content (AvgIpc) is 1.81. The van der Waals surface area contributed by atoms with Crippen LogP contribution in [0.1, 0.15) is 32.1 Å². The minimum atomic E-state index is 0.0186. The number of rotatable bonds is 0. The third-order valence-electron chi connectivity index (χ3n) is 1.96. The van der Waals surface area contributed by atoms with Crippen molar-refractivity contribution < 1.29 is 0 Å². The van der Waals surface area contributed by atoms with Crippen molar-refractivity contribution in [2.75, 3.05) is 0 Å². The molecular formula is C8H16NP. The summed E-state index contributed by atoms with van der Waals surface area (Å²) in [4.78, 5) is 0. The molecule has 0 aromatic carbocycles. The molecule has 1 nitrogen and oxygen atoms in total. The minimum Gasteiger partial charge on any atom is -0.322 e. The van der Waals surface area contributed by atoms with E-state index in [1.807, 2.05) is 0 Å². The molecule has 10 heavy (non-hydrogen) atoms. The molecule has 0 fully saturated rings. The Bertz CT molecular complexity index is 129. The first kappa shape index (κ1) is 8.23. The Balaban J connectivity index is 2.43. The van der Waals surface area contributed by atoms with Gasteiger partial charge in [-0.25, -0.2) is 0 Å². The van der Waals surface area contributed by atoms with Crippen molar-refractivity contribution in [2.45, 2.75) is 37.4 Å². The van der Waals surface area contributed by atoms with Gasteiger partial charge in [-0.3, -0.25) is 0 Å². The molecule has 0 saturated carbocycles.